The molecule has 0 radical (unpaired) electrons. The summed E-state index contributed by atoms with van der Waals surface area (Å²) in [6.07, 6.45) is 6.31. The largest absolute Gasteiger partial charge is 0.390 e. The predicted molar refractivity (Wildman–Crippen MR) is 55.3 cm³/mol. The third kappa shape index (κ3) is 1.52. The molecule has 2 saturated carbocycles. The number of fused-ring (bicyclic) bond motifs is 1. The molecule has 1 heterocycles. The molecule has 3 heteroatoms. The maximum absolute atomic E-state index is 9.88. The Morgan fingerprint density at radius 2 is 1.73 bits per heavy atom. The average Bonchev–Trinajstić information content (AvgIpc) is 2.69. The van der Waals surface area contributed by atoms with E-state index in [-0.39, 0.29) is 24.1 Å². The summed E-state index contributed by atoms with van der Waals surface area (Å²) < 4.78 is 12.1. The van der Waals surface area contributed by atoms with E-state index in [1.54, 1.807) is 0 Å². The predicted octanol–water partition coefficient (Wildman–Crippen LogP) is 1.83. The summed E-state index contributed by atoms with van der Waals surface area (Å²) in [5.41, 5.74) is 0. The number of aliphatic hydroxyl groups is 1. The number of rotatable bonds is 0. The lowest BCUT2D eigenvalue weighted by molar-refractivity contribution is -0.208. The molecule has 0 amide bonds. The third-order valence-corrected chi connectivity index (χ3v) is 4.19. The number of hydrogen-bond acceptors (Lipinski definition) is 3. The second-order valence-electron chi connectivity index (χ2n) is 5.42. The molecule has 4 atom stereocenters. The summed E-state index contributed by atoms with van der Waals surface area (Å²) in [6.45, 7) is 2.15. The van der Waals surface area contributed by atoms with E-state index in [9.17, 15) is 5.11 Å². The minimum atomic E-state index is -0.330. The first-order valence-electron chi connectivity index (χ1n) is 6.24. The van der Waals surface area contributed by atoms with Gasteiger partial charge in [0.2, 0.25) is 0 Å². The zero-order valence-electron chi connectivity index (χ0n) is 9.32. The SMILES string of the molecule is C[C@@H]1C[C@H](O)[C@@H]2OC3(CCCCC3)O[C@@H]21. The van der Waals surface area contributed by atoms with Gasteiger partial charge in [0.05, 0.1) is 12.2 Å². The smallest absolute Gasteiger partial charge is 0.169 e. The first-order valence-corrected chi connectivity index (χ1v) is 6.24. The van der Waals surface area contributed by atoms with Gasteiger partial charge < -0.3 is 14.6 Å². The molecule has 1 spiro atoms. The van der Waals surface area contributed by atoms with Gasteiger partial charge in [0.25, 0.3) is 0 Å². The van der Waals surface area contributed by atoms with Crippen LogP contribution in [0.2, 0.25) is 0 Å². The van der Waals surface area contributed by atoms with Crippen molar-refractivity contribution in [3.8, 4) is 0 Å². The Hall–Kier alpha value is -0.120. The van der Waals surface area contributed by atoms with E-state index < -0.39 is 0 Å². The van der Waals surface area contributed by atoms with Crippen molar-refractivity contribution in [2.75, 3.05) is 0 Å². The van der Waals surface area contributed by atoms with Crippen molar-refractivity contribution in [3.05, 3.63) is 0 Å². The molecule has 1 aliphatic heterocycles. The van der Waals surface area contributed by atoms with Gasteiger partial charge in [0.15, 0.2) is 5.79 Å². The van der Waals surface area contributed by atoms with Gasteiger partial charge in [-0.1, -0.05) is 13.3 Å². The standard InChI is InChI=1S/C12H20O3/c1-8-7-9(13)11-10(8)14-12(15-11)5-3-2-4-6-12/h8-11,13H,2-7H2,1H3/t8-,9+,10-,11+/m1/s1. The highest BCUT2D eigenvalue weighted by atomic mass is 16.8. The summed E-state index contributed by atoms with van der Waals surface area (Å²) in [5.74, 6) is 0.106. The fraction of sp³-hybridized carbons (Fsp3) is 1.00. The van der Waals surface area contributed by atoms with Gasteiger partial charge >= 0.3 is 0 Å². The zero-order chi connectivity index (χ0) is 10.5. The van der Waals surface area contributed by atoms with Gasteiger partial charge in [-0.15, -0.1) is 0 Å². The summed E-state index contributed by atoms with van der Waals surface area (Å²) in [7, 11) is 0. The lowest BCUT2D eigenvalue weighted by atomic mass is 9.94. The van der Waals surface area contributed by atoms with Crippen LogP contribution in [0.1, 0.15) is 45.4 Å². The molecular formula is C12H20O3. The van der Waals surface area contributed by atoms with Gasteiger partial charge in [0.1, 0.15) is 6.10 Å². The molecule has 0 bridgehead atoms. The molecule has 0 aromatic rings. The summed E-state index contributed by atoms with van der Waals surface area (Å²) >= 11 is 0. The number of hydrogen-bond donors (Lipinski definition) is 1. The highest BCUT2D eigenvalue weighted by molar-refractivity contribution is 4.99. The Labute approximate surface area is 90.8 Å². The maximum atomic E-state index is 9.88. The van der Waals surface area contributed by atoms with Crippen molar-refractivity contribution in [2.45, 2.75) is 69.5 Å². The maximum Gasteiger partial charge on any atom is 0.169 e. The molecule has 3 aliphatic rings. The van der Waals surface area contributed by atoms with Crippen molar-refractivity contribution < 1.29 is 14.6 Å². The Kier molecular flexibility index (Phi) is 2.31. The van der Waals surface area contributed by atoms with Crippen LogP contribution in [0.3, 0.4) is 0 Å². The fourth-order valence-corrected chi connectivity index (χ4v) is 3.37. The third-order valence-electron chi connectivity index (χ3n) is 4.19. The molecule has 0 aromatic heterocycles. The van der Waals surface area contributed by atoms with E-state index in [1.807, 2.05) is 0 Å². The van der Waals surface area contributed by atoms with Gasteiger partial charge in [-0.3, -0.25) is 0 Å². The van der Waals surface area contributed by atoms with Crippen LogP contribution < -0.4 is 0 Å². The van der Waals surface area contributed by atoms with Crippen LogP contribution in [0.4, 0.5) is 0 Å². The van der Waals surface area contributed by atoms with E-state index >= 15 is 0 Å². The van der Waals surface area contributed by atoms with Crippen LogP contribution in [-0.2, 0) is 9.47 Å². The minimum absolute atomic E-state index is 0.0573. The van der Waals surface area contributed by atoms with Crippen LogP contribution in [-0.4, -0.2) is 29.2 Å². The Morgan fingerprint density at radius 3 is 2.40 bits per heavy atom. The van der Waals surface area contributed by atoms with Gasteiger partial charge in [-0.05, 0) is 25.2 Å². The normalized spacial score (nSPS) is 48.4. The summed E-state index contributed by atoms with van der Waals surface area (Å²) in [5, 5.41) is 9.88. The van der Waals surface area contributed by atoms with Crippen molar-refractivity contribution in [3.63, 3.8) is 0 Å². The molecule has 3 fully saturated rings. The fourth-order valence-electron chi connectivity index (χ4n) is 3.37. The summed E-state index contributed by atoms with van der Waals surface area (Å²) in [6, 6.07) is 0. The Morgan fingerprint density at radius 1 is 1.07 bits per heavy atom. The average molecular weight is 212 g/mol. The number of aliphatic hydroxyl groups excluding tert-OH is 1. The molecule has 3 nitrogen and oxygen atoms in total. The topological polar surface area (TPSA) is 38.7 Å². The van der Waals surface area contributed by atoms with E-state index in [2.05, 4.69) is 6.92 Å². The molecule has 0 unspecified atom stereocenters. The highest BCUT2D eigenvalue weighted by Gasteiger charge is 2.55. The lowest BCUT2D eigenvalue weighted by Gasteiger charge is -2.33. The van der Waals surface area contributed by atoms with Crippen LogP contribution >= 0.6 is 0 Å². The number of ether oxygens (including phenoxy) is 2. The van der Waals surface area contributed by atoms with Crippen LogP contribution in [0, 0.1) is 5.92 Å². The summed E-state index contributed by atoms with van der Waals surface area (Å²) in [4.78, 5) is 0. The van der Waals surface area contributed by atoms with Gasteiger partial charge in [-0.25, -0.2) is 0 Å². The molecule has 2 aliphatic carbocycles. The Bertz CT molecular complexity index is 229. The van der Waals surface area contributed by atoms with E-state index in [0.29, 0.717) is 5.92 Å². The first-order chi connectivity index (χ1) is 7.20. The van der Waals surface area contributed by atoms with E-state index in [1.165, 1.54) is 19.3 Å². The van der Waals surface area contributed by atoms with Crippen LogP contribution in [0.5, 0.6) is 0 Å². The van der Waals surface area contributed by atoms with Crippen LogP contribution in [0.15, 0.2) is 0 Å². The van der Waals surface area contributed by atoms with Gasteiger partial charge in [0, 0.05) is 12.8 Å². The molecule has 1 saturated heterocycles. The highest BCUT2D eigenvalue weighted by Crippen LogP contribution is 2.47. The van der Waals surface area contributed by atoms with E-state index in [4.69, 9.17) is 9.47 Å². The van der Waals surface area contributed by atoms with E-state index in [0.717, 1.165) is 19.3 Å². The quantitative estimate of drug-likeness (QED) is 0.666. The molecule has 86 valence electrons. The van der Waals surface area contributed by atoms with Crippen molar-refractivity contribution in [1.29, 1.82) is 0 Å². The second-order valence-corrected chi connectivity index (χ2v) is 5.42. The Balaban J connectivity index is 1.77. The van der Waals surface area contributed by atoms with Gasteiger partial charge in [-0.2, -0.15) is 0 Å². The zero-order valence-corrected chi connectivity index (χ0v) is 9.32. The monoisotopic (exact) mass is 212 g/mol. The molecule has 3 rings (SSSR count). The minimum Gasteiger partial charge on any atom is -0.390 e. The molecule has 1 N–H and O–H groups in total. The van der Waals surface area contributed by atoms with Crippen LogP contribution in [0.25, 0.3) is 0 Å². The second kappa shape index (κ2) is 3.44. The molecular weight excluding hydrogens is 192 g/mol. The molecule has 0 aromatic carbocycles. The van der Waals surface area contributed by atoms with Crippen molar-refractivity contribution >= 4 is 0 Å². The molecule has 15 heavy (non-hydrogen) atoms. The van der Waals surface area contributed by atoms with Crippen molar-refractivity contribution in [1.82, 2.24) is 0 Å². The lowest BCUT2D eigenvalue weighted by Crippen LogP contribution is -2.35. The first kappa shape index (κ1) is 10.1. The van der Waals surface area contributed by atoms with Crippen molar-refractivity contribution in [2.24, 2.45) is 5.92 Å².